The highest BCUT2D eigenvalue weighted by Gasteiger charge is 2.09. The van der Waals surface area contributed by atoms with Crippen LogP contribution in [0.2, 0.25) is 0 Å². The number of rotatable bonds is 3. The van der Waals surface area contributed by atoms with E-state index in [9.17, 15) is 0 Å². The van der Waals surface area contributed by atoms with Crippen LogP contribution in [0.1, 0.15) is 5.56 Å². The van der Waals surface area contributed by atoms with Crippen LogP contribution in [0.5, 0.6) is 5.75 Å². The SMILES string of the molecule is COc1ccc(Cn2nc(Br)c3ncccc32)cc1. The number of benzene rings is 1. The summed E-state index contributed by atoms with van der Waals surface area (Å²) in [4.78, 5) is 4.32. The minimum atomic E-state index is 0.706. The smallest absolute Gasteiger partial charge is 0.154 e. The number of halogens is 1. The Balaban J connectivity index is 1.96. The molecule has 0 amide bonds. The third-order valence-electron chi connectivity index (χ3n) is 2.96. The Bertz CT molecular complexity index is 706. The second kappa shape index (κ2) is 5.01. The third-order valence-corrected chi connectivity index (χ3v) is 3.49. The van der Waals surface area contributed by atoms with Crippen molar-refractivity contribution in [3.8, 4) is 5.75 Å². The highest BCUT2D eigenvalue weighted by Crippen LogP contribution is 2.22. The molecule has 3 aromatic rings. The number of pyridine rings is 1. The summed E-state index contributed by atoms with van der Waals surface area (Å²) in [7, 11) is 1.67. The molecule has 3 rings (SSSR count). The first-order chi connectivity index (χ1) is 9.28. The molecule has 2 aromatic heterocycles. The van der Waals surface area contributed by atoms with Gasteiger partial charge in [0.05, 0.1) is 19.2 Å². The topological polar surface area (TPSA) is 39.9 Å². The molecule has 0 saturated heterocycles. The molecule has 0 N–H and O–H groups in total. The predicted octanol–water partition coefficient (Wildman–Crippen LogP) is 3.25. The van der Waals surface area contributed by atoms with Crippen LogP contribution in [-0.2, 0) is 6.54 Å². The van der Waals surface area contributed by atoms with Crippen LogP contribution >= 0.6 is 15.9 Å². The fourth-order valence-electron chi connectivity index (χ4n) is 2.00. The molecule has 19 heavy (non-hydrogen) atoms. The number of aromatic nitrogens is 3. The Morgan fingerprint density at radius 2 is 2.00 bits per heavy atom. The van der Waals surface area contributed by atoms with E-state index in [-0.39, 0.29) is 0 Å². The van der Waals surface area contributed by atoms with Crippen molar-refractivity contribution in [3.63, 3.8) is 0 Å². The summed E-state index contributed by atoms with van der Waals surface area (Å²) in [5.41, 5.74) is 3.07. The van der Waals surface area contributed by atoms with Crippen LogP contribution in [0, 0.1) is 0 Å². The van der Waals surface area contributed by atoms with Gasteiger partial charge in [0.15, 0.2) is 4.60 Å². The molecule has 0 bridgehead atoms. The van der Waals surface area contributed by atoms with Crippen molar-refractivity contribution in [1.82, 2.24) is 14.8 Å². The number of nitrogens with zero attached hydrogens (tertiary/aromatic N) is 3. The molecule has 96 valence electrons. The largest absolute Gasteiger partial charge is 0.497 e. The van der Waals surface area contributed by atoms with Crippen LogP contribution in [0.4, 0.5) is 0 Å². The normalized spacial score (nSPS) is 10.8. The standard InChI is InChI=1S/C14H12BrN3O/c1-19-11-6-4-10(5-7-11)9-18-12-3-2-8-16-13(12)14(15)17-18/h2-8H,9H2,1H3. The average molecular weight is 318 g/mol. The lowest BCUT2D eigenvalue weighted by molar-refractivity contribution is 0.414. The summed E-state index contributed by atoms with van der Waals surface area (Å²) in [6.45, 7) is 0.706. The van der Waals surface area contributed by atoms with Crippen LogP contribution in [0.15, 0.2) is 47.2 Å². The lowest BCUT2D eigenvalue weighted by atomic mass is 10.2. The third kappa shape index (κ3) is 2.33. The Morgan fingerprint density at radius 3 is 2.74 bits per heavy atom. The Morgan fingerprint density at radius 1 is 1.21 bits per heavy atom. The number of hydrogen-bond acceptors (Lipinski definition) is 3. The highest BCUT2D eigenvalue weighted by molar-refractivity contribution is 9.10. The molecule has 0 saturated carbocycles. The lowest BCUT2D eigenvalue weighted by Crippen LogP contribution is -2.01. The fraction of sp³-hybridized carbons (Fsp3) is 0.143. The van der Waals surface area contributed by atoms with Crippen LogP contribution in [0.3, 0.4) is 0 Å². The van der Waals surface area contributed by atoms with Crippen molar-refractivity contribution >= 4 is 27.0 Å². The molecular weight excluding hydrogens is 306 g/mol. The summed E-state index contributed by atoms with van der Waals surface area (Å²) in [5, 5.41) is 4.47. The van der Waals surface area contributed by atoms with Gasteiger partial charge in [0.1, 0.15) is 11.3 Å². The van der Waals surface area contributed by atoms with E-state index in [4.69, 9.17) is 4.74 Å². The van der Waals surface area contributed by atoms with E-state index in [0.717, 1.165) is 21.4 Å². The molecule has 0 spiro atoms. The minimum absolute atomic E-state index is 0.706. The van der Waals surface area contributed by atoms with E-state index in [0.29, 0.717) is 6.54 Å². The van der Waals surface area contributed by atoms with Gasteiger partial charge in [-0.3, -0.25) is 9.67 Å². The van der Waals surface area contributed by atoms with Crippen LogP contribution in [0.25, 0.3) is 11.0 Å². The van der Waals surface area contributed by atoms with Crippen molar-refractivity contribution in [3.05, 3.63) is 52.8 Å². The quantitative estimate of drug-likeness (QED) is 0.744. The molecule has 0 aliphatic carbocycles. The lowest BCUT2D eigenvalue weighted by Gasteiger charge is -2.05. The van der Waals surface area contributed by atoms with Crippen LogP contribution in [-0.4, -0.2) is 21.9 Å². The van der Waals surface area contributed by atoms with Gasteiger partial charge >= 0.3 is 0 Å². The molecule has 0 atom stereocenters. The van der Waals surface area contributed by atoms with E-state index in [1.54, 1.807) is 13.3 Å². The highest BCUT2D eigenvalue weighted by atomic mass is 79.9. The molecular formula is C14H12BrN3O. The zero-order chi connectivity index (χ0) is 13.2. The van der Waals surface area contributed by atoms with Crippen molar-refractivity contribution in [2.24, 2.45) is 0 Å². The molecule has 5 heteroatoms. The minimum Gasteiger partial charge on any atom is -0.497 e. The van der Waals surface area contributed by atoms with Gasteiger partial charge in [0.2, 0.25) is 0 Å². The van der Waals surface area contributed by atoms with Crippen LogP contribution < -0.4 is 4.74 Å². The van der Waals surface area contributed by atoms with Gasteiger partial charge in [-0.25, -0.2) is 0 Å². The van der Waals surface area contributed by atoms with Gasteiger partial charge in [-0.05, 0) is 45.8 Å². The van der Waals surface area contributed by atoms with E-state index in [1.807, 2.05) is 41.1 Å². The van der Waals surface area contributed by atoms with Crippen molar-refractivity contribution in [2.45, 2.75) is 6.54 Å². The summed E-state index contributed by atoms with van der Waals surface area (Å²) in [6.07, 6.45) is 1.77. The molecule has 4 nitrogen and oxygen atoms in total. The number of hydrogen-bond donors (Lipinski definition) is 0. The molecule has 0 aliphatic heterocycles. The summed E-state index contributed by atoms with van der Waals surface area (Å²) < 4.78 is 7.87. The first-order valence-electron chi connectivity index (χ1n) is 5.88. The Kier molecular flexibility index (Phi) is 3.21. The number of fused-ring (bicyclic) bond motifs is 1. The second-order valence-corrected chi connectivity index (χ2v) is 4.92. The van der Waals surface area contributed by atoms with E-state index in [2.05, 4.69) is 26.0 Å². The first-order valence-corrected chi connectivity index (χ1v) is 6.67. The van der Waals surface area contributed by atoms with Gasteiger partial charge in [0, 0.05) is 6.20 Å². The van der Waals surface area contributed by atoms with Crippen molar-refractivity contribution in [1.29, 1.82) is 0 Å². The Labute approximate surface area is 119 Å². The van der Waals surface area contributed by atoms with Crippen molar-refractivity contribution in [2.75, 3.05) is 7.11 Å². The zero-order valence-corrected chi connectivity index (χ0v) is 12.0. The Hall–Kier alpha value is -1.88. The molecule has 0 fully saturated rings. The first kappa shape index (κ1) is 12.2. The van der Waals surface area contributed by atoms with Gasteiger partial charge in [0.25, 0.3) is 0 Å². The van der Waals surface area contributed by atoms with E-state index >= 15 is 0 Å². The van der Waals surface area contributed by atoms with Gasteiger partial charge in [-0.1, -0.05) is 12.1 Å². The van der Waals surface area contributed by atoms with Gasteiger partial charge in [-0.2, -0.15) is 5.10 Å². The van der Waals surface area contributed by atoms with Gasteiger partial charge < -0.3 is 4.74 Å². The summed E-state index contributed by atoms with van der Waals surface area (Å²) >= 11 is 3.44. The number of ether oxygens (including phenoxy) is 1. The molecule has 2 heterocycles. The maximum atomic E-state index is 5.15. The predicted molar refractivity (Wildman–Crippen MR) is 77.3 cm³/mol. The summed E-state index contributed by atoms with van der Waals surface area (Å²) in [6, 6.07) is 11.9. The summed E-state index contributed by atoms with van der Waals surface area (Å²) in [5.74, 6) is 0.858. The molecule has 0 aliphatic rings. The molecule has 0 radical (unpaired) electrons. The van der Waals surface area contributed by atoms with Gasteiger partial charge in [-0.15, -0.1) is 0 Å². The second-order valence-electron chi connectivity index (χ2n) is 4.17. The number of methoxy groups -OCH3 is 1. The van der Waals surface area contributed by atoms with E-state index in [1.165, 1.54) is 5.56 Å². The fourth-order valence-corrected chi connectivity index (χ4v) is 2.49. The maximum absolute atomic E-state index is 5.15. The maximum Gasteiger partial charge on any atom is 0.154 e. The molecule has 0 unspecified atom stereocenters. The monoisotopic (exact) mass is 317 g/mol. The zero-order valence-electron chi connectivity index (χ0n) is 10.4. The molecule has 1 aromatic carbocycles. The van der Waals surface area contributed by atoms with E-state index < -0.39 is 0 Å². The van der Waals surface area contributed by atoms with Crippen molar-refractivity contribution < 1.29 is 4.74 Å². The average Bonchev–Trinajstić information content (AvgIpc) is 2.77.